The molecule has 0 spiro atoms. The lowest BCUT2D eigenvalue weighted by molar-refractivity contribution is -0.124. The van der Waals surface area contributed by atoms with Crippen molar-refractivity contribution in [2.24, 2.45) is 11.7 Å². The summed E-state index contributed by atoms with van der Waals surface area (Å²) in [7, 11) is 0. The molecule has 0 aromatic carbocycles. The summed E-state index contributed by atoms with van der Waals surface area (Å²) >= 11 is 1.85. The molecule has 2 aliphatic heterocycles. The van der Waals surface area contributed by atoms with E-state index >= 15 is 0 Å². The predicted octanol–water partition coefficient (Wildman–Crippen LogP) is 0.976. The van der Waals surface area contributed by atoms with Crippen molar-refractivity contribution in [3.8, 4) is 0 Å². The van der Waals surface area contributed by atoms with Crippen LogP contribution in [0.15, 0.2) is 11.4 Å². The van der Waals surface area contributed by atoms with Crippen LogP contribution in [0.1, 0.15) is 23.3 Å². The smallest absolute Gasteiger partial charge is 0.237 e. The van der Waals surface area contributed by atoms with Crippen LogP contribution in [0.25, 0.3) is 0 Å². The van der Waals surface area contributed by atoms with Gasteiger partial charge in [-0.1, -0.05) is 0 Å². The fourth-order valence-corrected chi connectivity index (χ4v) is 4.13. The first-order chi connectivity index (χ1) is 10.7. The number of carbonyl (C=O) groups is 1. The number of fused-ring (bicyclic) bond motifs is 1. The molecule has 1 atom stereocenters. The summed E-state index contributed by atoms with van der Waals surface area (Å²) in [6.07, 6.45) is 2.91. The van der Waals surface area contributed by atoms with E-state index in [1.807, 2.05) is 11.3 Å². The highest BCUT2D eigenvalue weighted by Crippen LogP contribution is 2.23. The third-order valence-corrected chi connectivity index (χ3v) is 5.71. The summed E-state index contributed by atoms with van der Waals surface area (Å²) in [6, 6.07) is 1.82. The van der Waals surface area contributed by atoms with Gasteiger partial charge in [0.15, 0.2) is 0 Å². The van der Waals surface area contributed by atoms with Crippen molar-refractivity contribution in [3.05, 3.63) is 21.9 Å². The zero-order chi connectivity index (χ0) is 15.4. The largest absolute Gasteiger partial charge is 0.381 e. The highest BCUT2D eigenvalue weighted by atomic mass is 32.1. The molecule has 1 aromatic rings. The van der Waals surface area contributed by atoms with Crippen LogP contribution in [0, 0.1) is 5.92 Å². The van der Waals surface area contributed by atoms with Crippen molar-refractivity contribution in [1.29, 1.82) is 0 Å². The van der Waals surface area contributed by atoms with Crippen LogP contribution in [0.3, 0.4) is 0 Å². The minimum Gasteiger partial charge on any atom is -0.381 e. The molecule has 0 bridgehead atoms. The van der Waals surface area contributed by atoms with Gasteiger partial charge in [0.1, 0.15) is 0 Å². The Morgan fingerprint density at radius 2 is 2.32 bits per heavy atom. The molecule has 1 aromatic heterocycles. The molecule has 3 heterocycles. The van der Waals surface area contributed by atoms with Gasteiger partial charge in [-0.3, -0.25) is 9.69 Å². The second-order valence-corrected chi connectivity index (χ2v) is 7.16. The van der Waals surface area contributed by atoms with Crippen molar-refractivity contribution >= 4 is 17.2 Å². The minimum atomic E-state index is -0.395. The summed E-state index contributed by atoms with van der Waals surface area (Å²) in [5.74, 6) is 0.247. The SMILES string of the molecule is NC(C(=O)NCCN1CCc2sccc2C1)C1CCOCC1. The molecular weight excluding hydrogens is 298 g/mol. The third-order valence-electron chi connectivity index (χ3n) is 4.69. The summed E-state index contributed by atoms with van der Waals surface area (Å²) in [5.41, 5.74) is 7.53. The van der Waals surface area contributed by atoms with Crippen molar-refractivity contribution < 1.29 is 9.53 Å². The second kappa shape index (κ2) is 7.55. The normalized spacial score (nSPS) is 21.3. The van der Waals surface area contributed by atoms with E-state index in [0.29, 0.717) is 6.54 Å². The fourth-order valence-electron chi connectivity index (χ4n) is 3.24. The van der Waals surface area contributed by atoms with E-state index in [2.05, 4.69) is 21.7 Å². The Hall–Kier alpha value is -0.950. The van der Waals surface area contributed by atoms with Gasteiger partial charge in [0, 0.05) is 44.3 Å². The molecule has 1 amide bonds. The van der Waals surface area contributed by atoms with Crippen LogP contribution < -0.4 is 11.1 Å². The maximum atomic E-state index is 12.1. The first-order valence-corrected chi connectivity index (χ1v) is 9.00. The quantitative estimate of drug-likeness (QED) is 0.847. The molecule has 22 heavy (non-hydrogen) atoms. The van der Waals surface area contributed by atoms with Gasteiger partial charge in [0.2, 0.25) is 5.91 Å². The van der Waals surface area contributed by atoms with E-state index in [-0.39, 0.29) is 11.8 Å². The molecule has 2 aliphatic rings. The number of nitrogens with zero attached hydrogens (tertiary/aromatic N) is 1. The molecule has 122 valence electrons. The molecule has 0 saturated carbocycles. The maximum Gasteiger partial charge on any atom is 0.237 e. The number of carbonyl (C=O) groups excluding carboxylic acids is 1. The van der Waals surface area contributed by atoms with E-state index in [1.54, 1.807) is 0 Å². The van der Waals surface area contributed by atoms with Crippen molar-refractivity contribution in [2.75, 3.05) is 32.8 Å². The van der Waals surface area contributed by atoms with Gasteiger partial charge in [-0.25, -0.2) is 0 Å². The molecule has 5 nitrogen and oxygen atoms in total. The number of ether oxygens (including phenoxy) is 1. The minimum absolute atomic E-state index is 0.0138. The Kier molecular flexibility index (Phi) is 5.46. The number of rotatable bonds is 5. The number of amides is 1. The molecule has 0 aliphatic carbocycles. The highest BCUT2D eigenvalue weighted by molar-refractivity contribution is 7.10. The lowest BCUT2D eigenvalue weighted by Gasteiger charge is -2.28. The number of hydrogen-bond acceptors (Lipinski definition) is 5. The molecule has 3 N–H and O–H groups in total. The Balaban J connectivity index is 1.38. The van der Waals surface area contributed by atoms with Gasteiger partial charge in [-0.05, 0) is 42.2 Å². The first-order valence-electron chi connectivity index (χ1n) is 8.12. The maximum absolute atomic E-state index is 12.1. The Labute approximate surface area is 135 Å². The van der Waals surface area contributed by atoms with E-state index < -0.39 is 6.04 Å². The molecule has 3 rings (SSSR count). The van der Waals surface area contributed by atoms with Crippen LogP contribution >= 0.6 is 11.3 Å². The standard InChI is InChI=1S/C16H25N3O2S/c17-15(12-2-8-21-9-3-12)16(20)18-5-7-19-6-1-14-13(11-19)4-10-22-14/h4,10,12,15H,1-3,5-9,11,17H2,(H,18,20). The molecule has 1 saturated heterocycles. The van der Waals surface area contributed by atoms with E-state index in [9.17, 15) is 4.79 Å². The highest BCUT2D eigenvalue weighted by Gasteiger charge is 2.26. The van der Waals surface area contributed by atoms with Gasteiger partial charge < -0.3 is 15.8 Å². The zero-order valence-electron chi connectivity index (χ0n) is 12.9. The van der Waals surface area contributed by atoms with Crippen molar-refractivity contribution in [1.82, 2.24) is 10.2 Å². The van der Waals surface area contributed by atoms with Crippen LogP contribution in [-0.4, -0.2) is 49.7 Å². The van der Waals surface area contributed by atoms with Crippen molar-refractivity contribution in [2.45, 2.75) is 31.8 Å². The Morgan fingerprint density at radius 1 is 1.50 bits per heavy atom. The number of nitrogens with two attached hydrogens (primary N) is 1. The monoisotopic (exact) mass is 323 g/mol. The number of thiophene rings is 1. The van der Waals surface area contributed by atoms with E-state index in [4.69, 9.17) is 10.5 Å². The summed E-state index contributed by atoms with van der Waals surface area (Å²) < 4.78 is 5.32. The van der Waals surface area contributed by atoms with Crippen LogP contribution in [-0.2, 0) is 22.5 Å². The van der Waals surface area contributed by atoms with E-state index in [0.717, 1.165) is 52.1 Å². The molecule has 6 heteroatoms. The number of hydrogen-bond donors (Lipinski definition) is 2. The van der Waals surface area contributed by atoms with Gasteiger partial charge in [0.25, 0.3) is 0 Å². The topological polar surface area (TPSA) is 67.6 Å². The average Bonchev–Trinajstić information content (AvgIpc) is 3.02. The third kappa shape index (κ3) is 3.87. The van der Waals surface area contributed by atoms with Crippen molar-refractivity contribution in [3.63, 3.8) is 0 Å². The Morgan fingerprint density at radius 3 is 3.14 bits per heavy atom. The molecule has 0 radical (unpaired) electrons. The molecule has 1 fully saturated rings. The van der Waals surface area contributed by atoms with Crippen LogP contribution in [0.2, 0.25) is 0 Å². The lowest BCUT2D eigenvalue weighted by atomic mass is 9.92. The van der Waals surface area contributed by atoms with Gasteiger partial charge in [0.05, 0.1) is 6.04 Å². The fraction of sp³-hybridized carbons (Fsp3) is 0.688. The zero-order valence-corrected chi connectivity index (χ0v) is 13.7. The van der Waals surface area contributed by atoms with Gasteiger partial charge >= 0.3 is 0 Å². The summed E-state index contributed by atoms with van der Waals surface area (Å²) in [4.78, 5) is 16.1. The molecule has 1 unspecified atom stereocenters. The Bertz CT molecular complexity index is 499. The average molecular weight is 323 g/mol. The van der Waals surface area contributed by atoms with Crippen LogP contribution in [0.5, 0.6) is 0 Å². The first kappa shape index (κ1) is 15.9. The summed E-state index contributed by atoms with van der Waals surface area (Å²) in [6.45, 7) is 5.09. The summed E-state index contributed by atoms with van der Waals surface area (Å²) in [5, 5.41) is 5.17. The number of nitrogens with one attached hydrogen (secondary N) is 1. The van der Waals surface area contributed by atoms with Gasteiger partial charge in [-0.2, -0.15) is 0 Å². The lowest BCUT2D eigenvalue weighted by Crippen LogP contribution is -2.48. The van der Waals surface area contributed by atoms with Crippen LogP contribution in [0.4, 0.5) is 0 Å². The second-order valence-electron chi connectivity index (χ2n) is 6.16. The van der Waals surface area contributed by atoms with Gasteiger partial charge in [-0.15, -0.1) is 11.3 Å². The molecular formula is C16H25N3O2S. The van der Waals surface area contributed by atoms with E-state index in [1.165, 1.54) is 10.4 Å². The predicted molar refractivity (Wildman–Crippen MR) is 87.8 cm³/mol.